The van der Waals surface area contributed by atoms with E-state index in [1.165, 1.54) is 11.1 Å². The minimum atomic E-state index is -0.356. The minimum Gasteiger partial charge on any atom is -0.336 e. The molecular formula is C22H21ClN6O. The maximum absolute atomic E-state index is 7.20. The number of pyridine rings is 1. The third-order valence-corrected chi connectivity index (χ3v) is 7.11. The van der Waals surface area contributed by atoms with Crippen LogP contribution < -0.4 is 5.32 Å². The highest BCUT2D eigenvalue weighted by atomic mass is 35.5. The van der Waals surface area contributed by atoms with Gasteiger partial charge in [0, 0.05) is 18.7 Å². The quantitative estimate of drug-likeness (QED) is 0.489. The van der Waals surface area contributed by atoms with Gasteiger partial charge in [-0.25, -0.2) is 4.98 Å². The molecule has 152 valence electrons. The summed E-state index contributed by atoms with van der Waals surface area (Å²) in [5.74, 6) is 1.28. The second kappa shape index (κ2) is 6.89. The second-order valence-electron chi connectivity index (χ2n) is 8.23. The molecule has 0 radical (unpaired) electrons. The van der Waals surface area contributed by atoms with E-state index in [-0.39, 0.29) is 4.87 Å². The van der Waals surface area contributed by atoms with Crippen LogP contribution in [0.15, 0.2) is 47.4 Å². The first kappa shape index (κ1) is 18.0. The summed E-state index contributed by atoms with van der Waals surface area (Å²) in [6, 6.07) is 10.5. The predicted octanol–water partition coefficient (Wildman–Crippen LogP) is 4.20. The molecule has 1 aliphatic heterocycles. The van der Waals surface area contributed by atoms with E-state index < -0.39 is 0 Å². The Morgan fingerprint density at radius 2 is 2.07 bits per heavy atom. The Bertz CT molecular complexity index is 1220. The van der Waals surface area contributed by atoms with Crippen LogP contribution in [0.25, 0.3) is 16.8 Å². The minimum absolute atomic E-state index is 0.351. The Kier molecular flexibility index (Phi) is 4.14. The van der Waals surface area contributed by atoms with E-state index in [2.05, 4.69) is 48.4 Å². The number of hydrogen-bond acceptors (Lipinski definition) is 6. The lowest BCUT2D eigenvalue weighted by atomic mass is 9.76. The Morgan fingerprint density at radius 3 is 2.97 bits per heavy atom. The van der Waals surface area contributed by atoms with Gasteiger partial charge in [-0.15, -0.1) is 21.8 Å². The lowest BCUT2D eigenvalue weighted by molar-refractivity contribution is 0.342. The lowest BCUT2D eigenvalue weighted by Crippen LogP contribution is -2.26. The molecule has 4 heterocycles. The molecule has 7 nitrogen and oxygen atoms in total. The van der Waals surface area contributed by atoms with E-state index in [9.17, 15) is 0 Å². The molecule has 1 saturated carbocycles. The van der Waals surface area contributed by atoms with Gasteiger partial charge in [0.05, 0.1) is 28.2 Å². The average molecular weight is 421 g/mol. The SMILES string of the molecule is ClC1(c2ccc3c(c2)CNCc2nncn2-3)CCC(c2noc3ncccc23)CC1. The van der Waals surface area contributed by atoms with Crippen LogP contribution in [0.1, 0.15) is 54.2 Å². The maximum atomic E-state index is 7.20. The van der Waals surface area contributed by atoms with Crippen molar-refractivity contribution in [3.8, 4) is 5.69 Å². The molecule has 0 unspecified atom stereocenters. The van der Waals surface area contributed by atoms with E-state index in [0.29, 0.717) is 18.2 Å². The molecule has 3 aromatic heterocycles. The first-order chi connectivity index (χ1) is 14.7. The third-order valence-electron chi connectivity index (χ3n) is 6.52. The van der Waals surface area contributed by atoms with E-state index >= 15 is 0 Å². The first-order valence-corrected chi connectivity index (χ1v) is 10.7. The van der Waals surface area contributed by atoms with Gasteiger partial charge in [-0.1, -0.05) is 17.3 Å². The van der Waals surface area contributed by atoms with Gasteiger partial charge in [0.25, 0.3) is 5.71 Å². The van der Waals surface area contributed by atoms with Crippen molar-refractivity contribution in [2.45, 2.75) is 49.6 Å². The summed E-state index contributed by atoms with van der Waals surface area (Å²) in [6.07, 6.45) is 7.27. The van der Waals surface area contributed by atoms with E-state index in [4.69, 9.17) is 16.1 Å². The molecule has 30 heavy (non-hydrogen) atoms. The van der Waals surface area contributed by atoms with Gasteiger partial charge in [0.15, 0.2) is 5.82 Å². The molecule has 0 amide bonds. The van der Waals surface area contributed by atoms with E-state index in [1.807, 2.05) is 12.1 Å². The standard InChI is InChI=1S/C22H21ClN6O/c23-22(7-5-14(6-8-22)20-17-2-1-9-25-21(17)30-28-20)16-3-4-18-15(10-16)11-24-12-19-27-26-13-29(18)19/h1-4,9-10,13-14,24H,5-8,11-12H2. The molecule has 1 fully saturated rings. The van der Waals surface area contributed by atoms with Gasteiger partial charge in [-0.05, 0) is 55.0 Å². The first-order valence-electron chi connectivity index (χ1n) is 10.3. The molecule has 4 aromatic rings. The molecule has 0 atom stereocenters. The van der Waals surface area contributed by atoms with Crippen molar-refractivity contribution in [2.75, 3.05) is 0 Å². The Hall–Kier alpha value is -2.77. The monoisotopic (exact) mass is 420 g/mol. The Labute approximate surface area is 178 Å². The number of fused-ring (bicyclic) bond motifs is 4. The molecular weight excluding hydrogens is 400 g/mol. The Balaban J connectivity index is 1.27. The molecule has 8 heteroatoms. The zero-order valence-electron chi connectivity index (χ0n) is 16.4. The zero-order valence-corrected chi connectivity index (χ0v) is 17.1. The van der Waals surface area contributed by atoms with Crippen LogP contribution in [0, 0.1) is 0 Å². The summed E-state index contributed by atoms with van der Waals surface area (Å²) in [6.45, 7) is 1.50. The summed E-state index contributed by atoms with van der Waals surface area (Å²) in [5.41, 5.74) is 5.16. The van der Waals surface area contributed by atoms with Crippen LogP contribution in [-0.2, 0) is 18.0 Å². The van der Waals surface area contributed by atoms with Crippen molar-refractivity contribution in [3.63, 3.8) is 0 Å². The molecule has 0 saturated heterocycles. The van der Waals surface area contributed by atoms with Crippen LogP contribution in [0.2, 0.25) is 0 Å². The number of hydrogen-bond donors (Lipinski definition) is 1. The maximum Gasteiger partial charge on any atom is 0.257 e. The molecule has 1 aromatic carbocycles. The number of alkyl halides is 1. The highest BCUT2D eigenvalue weighted by molar-refractivity contribution is 6.24. The summed E-state index contributed by atoms with van der Waals surface area (Å²) >= 11 is 7.20. The number of nitrogens with zero attached hydrogens (tertiary/aromatic N) is 5. The van der Waals surface area contributed by atoms with Gasteiger partial charge < -0.3 is 9.84 Å². The van der Waals surface area contributed by atoms with Crippen LogP contribution in [0.3, 0.4) is 0 Å². The van der Waals surface area contributed by atoms with Crippen molar-refractivity contribution in [1.82, 2.24) is 30.2 Å². The van der Waals surface area contributed by atoms with Crippen LogP contribution >= 0.6 is 11.6 Å². The van der Waals surface area contributed by atoms with Gasteiger partial charge in [0.1, 0.15) is 6.33 Å². The van der Waals surface area contributed by atoms with Gasteiger partial charge >= 0.3 is 0 Å². The van der Waals surface area contributed by atoms with Gasteiger partial charge in [0.2, 0.25) is 0 Å². The van der Waals surface area contributed by atoms with E-state index in [1.54, 1.807) is 12.5 Å². The molecule has 1 N–H and O–H groups in total. The largest absolute Gasteiger partial charge is 0.336 e. The molecule has 2 aliphatic rings. The topological polar surface area (TPSA) is 81.7 Å². The van der Waals surface area contributed by atoms with Gasteiger partial charge in [-0.2, -0.15) is 0 Å². The average Bonchev–Trinajstić information content (AvgIpc) is 3.38. The van der Waals surface area contributed by atoms with Crippen LogP contribution in [0.5, 0.6) is 0 Å². The van der Waals surface area contributed by atoms with E-state index in [0.717, 1.165) is 54.8 Å². The summed E-state index contributed by atoms with van der Waals surface area (Å²) in [4.78, 5) is 3.91. The van der Waals surface area contributed by atoms with Crippen molar-refractivity contribution in [1.29, 1.82) is 0 Å². The number of benzene rings is 1. The normalized spacial score (nSPS) is 23.7. The fourth-order valence-corrected chi connectivity index (χ4v) is 5.20. The zero-order chi connectivity index (χ0) is 20.1. The summed E-state index contributed by atoms with van der Waals surface area (Å²) in [7, 11) is 0. The lowest BCUT2D eigenvalue weighted by Gasteiger charge is -2.35. The van der Waals surface area contributed by atoms with Gasteiger partial charge in [-0.3, -0.25) is 4.57 Å². The third kappa shape index (κ3) is 2.84. The number of aromatic nitrogens is 5. The number of nitrogens with one attached hydrogen (secondary N) is 1. The molecule has 6 rings (SSSR count). The number of rotatable bonds is 2. The fraction of sp³-hybridized carbons (Fsp3) is 0.364. The second-order valence-corrected chi connectivity index (χ2v) is 8.95. The fourth-order valence-electron chi connectivity index (χ4n) is 4.86. The van der Waals surface area contributed by atoms with Crippen molar-refractivity contribution in [2.24, 2.45) is 0 Å². The predicted molar refractivity (Wildman–Crippen MR) is 112 cm³/mol. The van der Waals surface area contributed by atoms with Crippen molar-refractivity contribution < 1.29 is 4.52 Å². The summed E-state index contributed by atoms with van der Waals surface area (Å²) < 4.78 is 7.48. The summed E-state index contributed by atoms with van der Waals surface area (Å²) in [5, 5.41) is 17.0. The number of halogens is 1. The smallest absolute Gasteiger partial charge is 0.257 e. The Morgan fingerprint density at radius 1 is 1.17 bits per heavy atom. The molecule has 1 aliphatic carbocycles. The molecule has 0 spiro atoms. The van der Waals surface area contributed by atoms with Crippen LogP contribution in [-0.4, -0.2) is 24.9 Å². The van der Waals surface area contributed by atoms with Crippen molar-refractivity contribution >= 4 is 22.7 Å². The highest BCUT2D eigenvalue weighted by Crippen LogP contribution is 2.48. The molecule has 0 bridgehead atoms. The van der Waals surface area contributed by atoms with Crippen LogP contribution in [0.4, 0.5) is 0 Å². The highest BCUT2D eigenvalue weighted by Gasteiger charge is 2.37. The van der Waals surface area contributed by atoms with Crippen molar-refractivity contribution in [3.05, 3.63) is 65.5 Å².